The third-order valence-corrected chi connectivity index (χ3v) is 2.92. The topological polar surface area (TPSA) is 17.8 Å². The predicted molar refractivity (Wildman–Crippen MR) is 64.9 cm³/mol. The lowest BCUT2D eigenvalue weighted by Crippen LogP contribution is -1.96. The fourth-order valence-electron chi connectivity index (χ4n) is 1.88. The minimum absolute atomic E-state index is 1.14. The molecule has 0 aromatic carbocycles. The number of imidazole rings is 1. The van der Waals surface area contributed by atoms with E-state index >= 15 is 0 Å². The summed E-state index contributed by atoms with van der Waals surface area (Å²) in [6, 6.07) is 0. The van der Waals surface area contributed by atoms with Crippen LogP contribution in [0.1, 0.15) is 57.7 Å². The van der Waals surface area contributed by atoms with Gasteiger partial charge in [0.15, 0.2) is 0 Å². The van der Waals surface area contributed by atoms with E-state index in [0.717, 1.165) is 6.42 Å². The second kappa shape index (κ2) is 7.49. The second-order valence-electron chi connectivity index (χ2n) is 4.33. The van der Waals surface area contributed by atoms with E-state index in [1.165, 1.54) is 50.8 Å². The van der Waals surface area contributed by atoms with E-state index in [2.05, 4.69) is 23.5 Å². The van der Waals surface area contributed by atoms with Gasteiger partial charge < -0.3 is 4.57 Å². The number of nitrogens with zero attached hydrogens (tertiary/aromatic N) is 2. The van der Waals surface area contributed by atoms with Crippen LogP contribution in [0.25, 0.3) is 0 Å². The van der Waals surface area contributed by atoms with Crippen LogP contribution in [-0.2, 0) is 13.5 Å². The third-order valence-electron chi connectivity index (χ3n) is 2.92. The van der Waals surface area contributed by atoms with Crippen molar-refractivity contribution in [2.75, 3.05) is 0 Å². The van der Waals surface area contributed by atoms with Crippen molar-refractivity contribution in [3.8, 4) is 0 Å². The van der Waals surface area contributed by atoms with Crippen molar-refractivity contribution < 1.29 is 0 Å². The summed E-state index contributed by atoms with van der Waals surface area (Å²) in [4.78, 5) is 4.33. The van der Waals surface area contributed by atoms with Gasteiger partial charge in [0.05, 0.1) is 0 Å². The lowest BCUT2D eigenvalue weighted by molar-refractivity contribution is 0.580. The molecule has 1 aromatic heterocycles. The molecule has 0 saturated heterocycles. The molecule has 15 heavy (non-hydrogen) atoms. The maximum Gasteiger partial charge on any atom is 0.108 e. The molecule has 0 aliphatic rings. The van der Waals surface area contributed by atoms with E-state index < -0.39 is 0 Å². The fourth-order valence-corrected chi connectivity index (χ4v) is 1.88. The van der Waals surface area contributed by atoms with Crippen molar-refractivity contribution >= 4 is 0 Å². The molecule has 0 radical (unpaired) electrons. The average Bonchev–Trinajstić information content (AvgIpc) is 2.63. The summed E-state index contributed by atoms with van der Waals surface area (Å²) in [5.74, 6) is 1.23. The van der Waals surface area contributed by atoms with Gasteiger partial charge in [0, 0.05) is 25.9 Å². The zero-order chi connectivity index (χ0) is 10.9. The highest BCUT2D eigenvalue weighted by molar-refractivity contribution is 4.90. The van der Waals surface area contributed by atoms with E-state index in [1.54, 1.807) is 0 Å². The Balaban J connectivity index is 1.96. The Morgan fingerprint density at radius 3 is 2.33 bits per heavy atom. The van der Waals surface area contributed by atoms with Crippen molar-refractivity contribution in [1.82, 2.24) is 9.55 Å². The molecule has 0 aliphatic carbocycles. The molecule has 1 rings (SSSR count). The van der Waals surface area contributed by atoms with Crippen molar-refractivity contribution in [1.29, 1.82) is 0 Å². The van der Waals surface area contributed by atoms with Gasteiger partial charge in [-0.25, -0.2) is 4.98 Å². The number of aromatic nitrogens is 2. The fraction of sp³-hybridized carbons (Fsp3) is 0.769. The lowest BCUT2D eigenvalue weighted by atomic mass is 10.1. The Kier molecular flexibility index (Phi) is 6.14. The minimum Gasteiger partial charge on any atom is -0.338 e. The highest BCUT2D eigenvalue weighted by Crippen LogP contribution is 2.09. The zero-order valence-corrected chi connectivity index (χ0v) is 10.2. The highest BCUT2D eigenvalue weighted by Gasteiger charge is 1.98. The number of unbranched alkanes of at least 4 members (excludes halogenated alkanes) is 6. The molecular weight excluding hydrogens is 184 g/mol. The molecule has 0 aliphatic heterocycles. The van der Waals surface area contributed by atoms with E-state index in [-0.39, 0.29) is 0 Å². The Bertz CT molecular complexity index is 253. The largest absolute Gasteiger partial charge is 0.338 e. The normalized spacial score (nSPS) is 10.8. The summed E-state index contributed by atoms with van der Waals surface area (Å²) in [7, 11) is 2.07. The Morgan fingerprint density at radius 2 is 1.73 bits per heavy atom. The maximum absolute atomic E-state index is 4.33. The Labute approximate surface area is 93.7 Å². The van der Waals surface area contributed by atoms with Crippen molar-refractivity contribution in [3.05, 3.63) is 18.2 Å². The summed E-state index contributed by atoms with van der Waals surface area (Å²) >= 11 is 0. The van der Waals surface area contributed by atoms with Crippen molar-refractivity contribution in [2.45, 2.75) is 58.3 Å². The summed E-state index contributed by atoms with van der Waals surface area (Å²) in [6.45, 7) is 2.26. The van der Waals surface area contributed by atoms with E-state index in [4.69, 9.17) is 0 Å². The van der Waals surface area contributed by atoms with E-state index in [0.29, 0.717) is 0 Å². The molecule has 2 nitrogen and oxygen atoms in total. The Morgan fingerprint density at radius 1 is 1.07 bits per heavy atom. The van der Waals surface area contributed by atoms with Gasteiger partial charge in [-0.15, -0.1) is 0 Å². The van der Waals surface area contributed by atoms with Crippen LogP contribution in [0.15, 0.2) is 12.4 Å². The van der Waals surface area contributed by atoms with Gasteiger partial charge in [-0.3, -0.25) is 0 Å². The molecular formula is C13H24N2. The molecule has 0 unspecified atom stereocenters. The van der Waals surface area contributed by atoms with Gasteiger partial charge in [0.25, 0.3) is 0 Å². The summed E-state index contributed by atoms with van der Waals surface area (Å²) < 4.78 is 2.12. The predicted octanol–water partition coefficient (Wildman–Crippen LogP) is 3.71. The molecule has 0 amide bonds. The maximum atomic E-state index is 4.33. The number of hydrogen-bond donors (Lipinski definition) is 0. The first kappa shape index (κ1) is 12.3. The van der Waals surface area contributed by atoms with Gasteiger partial charge in [0.1, 0.15) is 5.82 Å². The molecule has 0 saturated carbocycles. The molecule has 0 fully saturated rings. The van der Waals surface area contributed by atoms with E-state index in [9.17, 15) is 0 Å². The van der Waals surface area contributed by atoms with Gasteiger partial charge in [-0.2, -0.15) is 0 Å². The third kappa shape index (κ3) is 5.01. The van der Waals surface area contributed by atoms with Crippen LogP contribution in [-0.4, -0.2) is 9.55 Å². The quantitative estimate of drug-likeness (QED) is 0.595. The number of rotatable bonds is 8. The lowest BCUT2D eigenvalue weighted by Gasteiger charge is -2.02. The number of hydrogen-bond acceptors (Lipinski definition) is 1. The van der Waals surface area contributed by atoms with Crippen molar-refractivity contribution in [3.63, 3.8) is 0 Å². The molecule has 1 aromatic rings. The summed E-state index contributed by atoms with van der Waals surface area (Å²) in [5.41, 5.74) is 0. The molecule has 0 N–H and O–H groups in total. The van der Waals surface area contributed by atoms with Crippen molar-refractivity contribution in [2.24, 2.45) is 7.05 Å². The monoisotopic (exact) mass is 208 g/mol. The molecule has 2 heteroatoms. The second-order valence-corrected chi connectivity index (χ2v) is 4.33. The molecule has 1 heterocycles. The molecule has 86 valence electrons. The Hall–Kier alpha value is -0.790. The van der Waals surface area contributed by atoms with Crippen LogP contribution in [0.5, 0.6) is 0 Å². The summed E-state index contributed by atoms with van der Waals surface area (Å²) in [5, 5.41) is 0. The molecule has 0 atom stereocenters. The average molecular weight is 208 g/mol. The standard InChI is InChI=1S/C13H24N2/c1-3-4-5-6-7-8-9-10-13-14-11-12-15(13)2/h11-12H,3-10H2,1-2H3. The smallest absolute Gasteiger partial charge is 0.108 e. The SMILES string of the molecule is CCCCCCCCCc1nccn1C. The van der Waals surface area contributed by atoms with E-state index in [1.807, 2.05) is 12.4 Å². The first-order valence-electron chi connectivity index (χ1n) is 6.30. The van der Waals surface area contributed by atoms with Crippen LogP contribution < -0.4 is 0 Å². The van der Waals surface area contributed by atoms with Crippen LogP contribution in [0.4, 0.5) is 0 Å². The van der Waals surface area contributed by atoms with Crippen LogP contribution in [0.2, 0.25) is 0 Å². The highest BCUT2D eigenvalue weighted by atomic mass is 15.0. The first-order valence-corrected chi connectivity index (χ1v) is 6.30. The molecule has 0 bridgehead atoms. The minimum atomic E-state index is 1.14. The van der Waals surface area contributed by atoms with Gasteiger partial charge in [0.2, 0.25) is 0 Å². The van der Waals surface area contributed by atoms with Gasteiger partial charge in [-0.05, 0) is 6.42 Å². The van der Waals surface area contributed by atoms with Crippen LogP contribution in [0, 0.1) is 0 Å². The van der Waals surface area contributed by atoms with Gasteiger partial charge >= 0.3 is 0 Å². The van der Waals surface area contributed by atoms with Crippen LogP contribution >= 0.6 is 0 Å². The van der Waals surface area contributed by atoms with Gasteiger partial charge in [-0.1, -0.05) is 45.4 Å². The van der Waals surface area contributed by atoms with Crippen LogP contribution in [0.3, 0.4) is 0 Å². The first-order chi connectivity index (χ1) is 7.34. The summed E-state index contributed by atoms with van der Waals surface area (Å²) in [6.07, 6.45) is 14.7. The number of aryl methyl sites for hydroxylation is 2. The molecule has 0 spiro atoms. The zero-order valence-electron chi connectivity index (χ0n) is 10.2.